The highest BCUT2D eigenvalue weighted by molar-refractivity contribution is 7.92. The number of nitrogen functional groups attached to an aromatic ring is 1. The second-order valence-electron chi connectivity index (χ2n) is 5.82. The maximum atomic E-state index is 13.9. The molecule has 0 atom stereocenters. The Morgan fingerprint density at radius 2 is 1.86 bits per heavy atom. The third kappa shape index (κ3) is 4.09. The SMILES string of the molecule is Cl.Nc1[nH]nc2nc(-c3ccc(NS(=O)(=O)c4cc(Cl)ccc4F)cc3)cnc12. The summed E-state index contributed by atoms with van der Waals surface area (Å²) in [6.45, 7) is 0. The summed E-state index contributed by atoms with van der Waals surface area (Å²) in [5.41, 5.74) is 8.01. The van der Waals surface area contributed by atoms with E-state index in [1.807, 2.05) is 0 Å². The van der Waals surface area contributed by atoms with Gasteiger partial charge in [-0.25, -0.2) is 22.8 Å². The Balaban J connectivity index is 0.00000240. The van der Waals surface area contributed by atoms with Crippen molar-refractivity contribution in [3.05, 3.63) is 59.5 Å². The van der Waals surface area contributed by atoms with Crippen molar-refractivity contribution in [2.75, 3.05) is 10.5 Å². The number of aromatic amines is 1. The molecule has 2 aromatic heterocycles. The van der Waals surface area contributed by atoms with Crippen molar-refractivity contribution in [2.24, 2.45) is 0 Å². The van der Waals surface area contributed by atoms with Crippen LogP contribution in [-0.2, 0) is 10.0 Å². The first-order valence-electron chi connectivity index (χ1n) is 7.88. The van der Waals surface area contributed by atoms with Crippen molar-refractivity contribution in [3.63, 3.8) is 0 Å². The zero-order valence-electron chi connectivity index (χ0n) is 14.4. The van der Waals surface area contributed by atoms with Crippen molar-refractivity contribution in [1.82, 2.24) is 20.2 Å². The van der Waals surface area contributed by atoms with Gasteiger partial charge in [-0.2, -0.15) is 5.10 Å². The summed E-state index contributed by atoms with van der Waals surface area (Å²) < 4.78 is 41.0. The molecule has 29 heavy (non-hydrogen) atoms. The molecule has 4 rings (SSSR count). The van der Waals surface area contributed by atoms with E-state index in [0.717, 1.165) is 12.1 Å². The number of halogens is 3. The standard InChI is InChI=1S/C17H12ClFN6O2S.ClH/c18-10-3-6-12(19)14(7-10)28(26,27)25-11-4-1-9(2-5-11)13-8-21-15-16(20)23-24-17(15)22-13;/h1-8,25H,(H3,20,22,23,24);1H. The summed E-state index contributed by atoms with van der Waals surface area (Å²) in [7, 11) is -4.14. The van der Waals surface area contributed by atoms with Crippen LogP contribution >= 0.6 is 24.0 Å². The molecule has 0 unspecified atom stereocenters. The predicted molar refractivity (Wildman–Crippen MR) is 111 cm³/mol. The van der Waals surface area contributed by atoms with E-state index in [9.17, 15) is 12.8 Å². The molecule has 0 amide bonds. The van der Waals surface area contributed by atoms with Gasteiger partial charge in [-0.3, -0.25) is 9.82 Å². The summed E-state index contributed by atoms with van der Waals surface area (Å²) in [6.07, 6.45) is 1.54. The van der Waals surface area contributed by atoms with Crippen molar-refractivity contribution >= 4 is 56.7 Å². The van der Waals surface area contributed by atoms with Gasteiger partial charge in [0, 0.05) is 16.3 Å². The quantitative estimate of drug-likeness (QED) is 0.432. The molecule has 4 N–H and O–H groups in total. The van der Waals surface area contributed by atoms with Gasteiger partial charge in [0.2, 0.25) is 5.65 Å². The average molecular weight is 455 g/mol. The molecule has 0 aliphatic rings. The third-order valence-electron chi connectivity index (χ3n) is 3.91. The van der Waals surface area contributed by atoms with Crippen LogP contribution in [0.15, 0.2) is 53.6 Å². The van der Waals surface area contributed by atoms with Crippen molar-refractivity contribution in [1.29, 1.82) is 0 Å². The van der Waals surface area contributed by atoms with E-state index in [0.29, 0.717) is 28.2 Å². The Labute approximate surface area is 175 Å². The molecule has 0 saturated heterocycles. The summed E-state index contributed by atoms with van der Waals surface area (Å²) >= 11 is 5.77. The van der Waals surface area contributed by atoms with Gasteiger partial charge in [-0.15, -0.1) is 12.4 Å². The summed E-state index contributed by atoms with van der Waals surface area (Å²) in [6, 6.07) is 9.68. The van der Waals surface area contributed by atoms with Crippen LogP contribution in [0.3, 0.4) is 0 Å². The lowest BCUT2D eigenvalue weighted by atomic mass is 10.1. The molecule has 150 valence electrons. The fraction of sp³-hybridized carbons (Fsp3) is 0. The lowest BCUT2D eigenvalue weighted by Crippen LogP contribution is -2.14. The smallest absolute Gasteiger partial charge is 0.264 e. The van der Waals surface area contributed by atoms with Crippen molar-refractivity contribution in [3.8, 4) is 11.3 Å². The number of benzene rings is 2. The molecule has 8 nitrogen and oxygen atoms in total. The minimum Gasteiger partial charge on any atom is -0.382 e. The Bertz CT molecular complexity index is 1300. The first-order chi connectivity index (χ1) is 13.3. The van der Waals surface area contributed by atoms with Crippen LogP contribution in [0.25, 0.3) is 22.4 Å². The summed E-state index contributed by atoms with van der Waals surface area (Å²) in [5, 5.41) is 6.67. The van der Waals surface area contributed by atoms with Gasteiger partial charge < -0.3 is 5.73 Å². The van der Waals surface area contributed by atoms with Gasteiger partial charge in [0.25, 0.3) is 10.0 Å². The number of sulfonamides is 1. The zero-order valence-corrected chi connectivity index (χ0v) is 16.8. The number of nitrogens with zero attached hydrogens (tertiary/aromatic N) is 3. The van der Waals surface area contributed by atoms with Crippen molar-refractivity contribution in [2.45, 2.75) is 4.90 Å². The second-order valence-corrected chi connectivity index (χ2v) is 7.91. The number of anilines is 2. The van der Waals surface area contributed by atoms with E-state index >= 15 is 0 Å². The number of hydrogen-bond acceptors (Lipinski definition) is 6. The molecule has 2 aromatic carbocycles. The molecule has 4 aromatic rings. The highest BCUT2D eigenvalue weighted by atomic mass is 35.5. The molecule has 0 fully saturated rings. The summed E-state index contributed by atoms with van der Waals surface area (Å²) in [5.74, 6) is -0.567. The average Bonchev–Trinajstić information content (AvgIpc) is 3.04. The first-order valence-corrected chi connectivity index (χ1v) is 9.74. The van der Waals surface area contributed by atoms with Gasteiger partial charge in [0.1, 0.15) is 16.5 Å². The van der Waals surface area contributed by atoms with E-state index in [2.05, 4.69) is 24.9 Å². The highest BCUT2D eigenvalue weighted by Gasteiger charge is 2.20. The van der Waals surface area contributed by atoms with E-state index in [-0.39, 0.29) is 23.1 Å². The van der Waals surface area contributed by atoms with Gasteiger partial charge >= 0.3 is 0 Å². The monoisotopic (exact) mass is 454 g/mol. The number of fused-ring (bicyclic) bond motifs is 1. The molecule has 12 heteroatoms. The fourth-order valence-corrected chi connectivity index (χ4v) is 3.95. The number of rotatable bonds is 4. The van der Waals surface area contributed by atoms with Crippen molar-refractivity contribution < 1.29 is 12.8 Å². The van der Waals surface area contributed by atoms with Crippen LogP contribution in [0.2, 0.25) is 5.02 Å². The molecule has 0 saturated carbocycles. The zero-order chi connectivity index (χ0) is 19.9. The summed E-state index contributed by atoms with van der Waals surface area (Å²) in [4.78, 5) is 8.03. The normalized spacial score (nSPS) is 11.2. The number of H-pyrrole nitrogens is 1. The lowest BCUT2D eigenvalue weighted by Gasteiger charge is -2.10. The molecule has 0 aliphatic heterocycles. The van der Waals surface area contributed by atoms with Crippen LogP contribution in [-0.4, -0.2) is 28.6 Å². The number of hydrogen-bond donors (Lipinski definition) is 3. The van der Waals surface area contributed by atoms with E-state index in [1.165, 1.54) is 24.4 Å². The highest BCUT2D eigenvalue weighted by Crippen LogP contribution is 2.25. The van der Waals surface area contributed by atoms with E-state index in [4.69, 9.17) is 17.3 Å². The maximum absolute atomic E-state index is 13.9. The van der Waals surface area contributed by atoms with Crippen LogP contribution in [0.1, 0.15) is 0 Å². The van der Waals surface area contributed by atoms with E-state index < -0.39 is 20.7 Å². The minimum atomic E-state index is -4.14. The molecule has 0 spiro atoms. The Morgan fingerprint density at radius 1 is 1.14 bits per heavy atom. The molecular formula is C17H13Cl2FN6O2S. The van der Waals surface area contributed by atoms with Gasteiger partial charge in [-0.05, 0) is 30.3 Å². The largest absolute Gasteiger partial charge is 0.382 e. The van der Waals surface area contributed by atoms with Crippen LogP contribution < -0.4 is 10.5 Å². The molecular weight excluding hydrogens is 442 g/mol. The predicted octanol–water partition coefficient (Wildman–Crippen LogP) is 3.62. The van der Waals surface area contributed by atoms with Crippen LogP contribution in [0, 0.1) is 5.82 Å². The fourth-order valence-electron chi connectivity index (χ4n) is 2.55. The number of nitrogens with two attached hydrogens (primary N) is 1. The van der Waals surface area contributed by atoms with Gasteiger partial charge in [0.15, 0.2) is 5.52 Å². The Morgan fingerprint density at radius 3 is 2.59 bits per heavy atom. The van der Waals surface area contributed by atoms with Crippen LogP contribution in [0.5, 0.6) is 0 Å². The maximum Gasteiger partial charge on any atom is 0.264 e. The second kappa shape index (κ2) is 7.82. The van der Waals surface area contributed by atoms with Crippen LogP contribution in [0.4, 0.5) is 15.9 Å². The number of aromatic nitrogens is 4. The molecule has 0 aliphatic carbocycles. The Kier molecular flexibility index (Phi) is 5.60. The Hall–Kier alpha value is -2.95. The molecule has 0 bridgehead atoms. The molecule has 0 radical (unpaired) electrons. The third-order valence-corrected chi connectivity index (χ3v) is 5.54. The van der Waals surface area contributed by atoms with E-state index in [1.54, 1.807) is 12.1 Å². The number of nitrogens with one attached hydrogen (secondary N) is 2. The topological polar surface area (TPSA) is 127 Å². The molecule has 2 heterocycles. The minimum absolute atomic E-state index is 0. The lowest BCUT2D eigenvalue weighted by molar-refractivity contribution is 0.570. The van der Waals surface area contributed by atoms with Gasteiger partial charge in [-0.1, -0.05) is 23.7 Å². The van der Waals surface area contributed by atoms with Gasteiger partial charge in [0.05, 0.1) is 11.9 Å². The first kappa shape index (κ1) is 20.8.